The number of nitrogens with one attached hydrogen (secondary N) is 1. The molecule has 1 aromatic carbocycles. The average Bonchev–Trinajstić information content (AvgIpc) is 3.16. The van der Waals surface area contributed by atoms with Gasteiger partial charge in [0.05, 0.1) is 31.2 Å². The molecule has 2 aliphatic heterocycles. The molecule has 0 saturated carbocycles. The summed E-state index contributed by atoms with van der Waals surface area (Å²) in [4.78, 5) is 30.2. The summed E-state index contributed by atoms with van der Waals surface area (Å²) in [6.45, 7) is 2.37. The summed E-state index contributed by atoms with van der Waals surface area (Å²) in [7, 11) is 0. The number of ether oxygens (including phenoxy) is 2. The number of carbonyl (C=O) groups excluding carboxylic acids is 2. The van der Waals surface area contributed by atoms with Crippen LogP contribution < -0.4 is 10.1 Å². The number of fused-ring (bicyclic) bond motifs is 2. The summed E-state index contributed by atoms with van der Waals surface area (Å²) in [5.74, 6) is -0.856. The third kappa shape index (κ3) is 7.05. The Balaban J connectivity index is 0.00000361. The molecule has 1 amide bonds. The van der Waals surface area contributed by atoms with E-state index in [1.54, 1.807) is 25.1 Å². The number of alkyl halides is 3. The molecule has 0 unspecified atom stereocenters. The van der Waals surface area contributed by atoms with Gasteiger partial charge in [-0.3, -0.25) is 9.59 Å². The van der Waals surface area contributed by atoms with Crippen LogP contribution in [0.2, 0.25) is 0 Å². The number of halogens is 4. The fraction of sp³-hybridized carbons (Fsp3) is 0.542. The van der Waals surface area contributed by atoms with Gasteiger partial charge in [0.2, 0.25) is 11.9 Å². The standard InChI is InChI=1S/C24H29F3N4O4.ClH/c1-2-34-21(32)12-17-10-16-4-5-20(11-18(16)13-31(22(17)33)15-24(25,26)27)35-9-6-19-14-30-8-3-7-28-23(30)29-19;/h4-5,11,14,17H,2-3,6-10,12-13,15H2,1H3,(H,28,29);1H/t17-;/m0./s1. The van der Waals surface area contributed by atoms with Crippen LogP contribution in [-0.4, -0.2) is 58.8 Å². The lowest BCUT2D eigenvalue weighted by Gasteiger charge is -2.25. The van der Waals surface area contributed by atoms with E-state index in [4.69, 9.17) is 9.47 Å². The normalized spacial score (nSPS) is 17.3. The number of aromatic nitrogens is 2. The highest BCUT2D eigenvalue weighted by Crippen LogP contribution is 2.30. The van der Waals surface area contributed by atoms with Crippen LogP contribution >= 0.6 is 12.4 Å². The number of benzene rings is 1. The maximum absolute atomic E-state index is 13.2. The van der Waals surface area contributed by atoms with Crippen molar-refractivity contribution in [2.75, 3.05) is 31.6 Å². The molecule has 36 heavy (non-hydrogen) atoms. The predicted molar refractivity (Wildman–Crippen MR) is 128 cm³/mol. The van der Waals surface area contributed by atoms with Crippen LogP contribution in [0, 0.1) is 5.92 Å². The predicted octanol–water partition coefficient (Wildman–Crippen LogP) is 3.76. The number of hydrogen-bond acceptors (Lipinski definition) is 6. The van der Waals surface area contributed by atoms with Gasteiger partial charge in [-0.1, -0.05) is 6.07 Å². The van der Waals surface area contributed by atoms with Crippen LogP contribution in [-0.2, 0) is 40.3 Å². The topological polar surface area (TPSA) is 85.7 Å². The molecule has 0 radical (unpaired) electrons. The third-order valence-corrected chi connectivity index (χ3v) is 6.07. The van der Waals surface area contributed by atoms with E-state index >= 15 is 0 Å². The minimum Gasteiger partial charge on any atom is -0.493 e. The Kier molecular flexibility index (Phi) is 9.10. The Morgan fingerprint density at radius 2 is 2.08 bits per heavy atom. The Hall–Kier alpha value is -2.95. The van der Waals surface area contributed by atoms with Crippen LogP contribution in [0.3, 0.4) is 0 Å². The summed E-state index contributed by atoms with van der Waals surface area (Å²) < 4.78 is 52.5. The van der Waals surface area contributed by atoms with E-state index in [1.165, 1.54) is 0 Å². The molecule has 1 aromatic heterocycles. The zero-order chi connectivity index (χ0) is 25.0. The van der Waals surface area contributed by atoms with E-state index in [1.807, 2.05) is 6.20 Å². The maximum atomic E-state index is 13.2. The second-order valence-corrected chi connectivity index (χ2v) is 8.78. The number of esters is 1. The second kappa shape index (κ2) is 11.9. The van der Waals surface area contributed by atoms with Gasteiger partial charge in [0.1, 0.15) is 12.3 Å². The lowest BCUT2D eigenvalue weighted by atomic mass is 9.94. The molecule has 8 nitrogen and oxygen atoms in total. The van der Waals surface area contributed by atoms with Crippen LogP contribution in [0.4, 0.5) is 19.1 Å². The van der Waals surface area contributed by atoms with Gasteiger partial charge in [-0.05, 0) is 43.0 Å². The molecule has 4 rings (SSSR count). The van der Waals surface area contributed by atoms with Gasteiger partial charge in [-0.2, -0.15) is 13.2 Å². The van der Waals surface area contributed by atoms with Gasteiger partial charge in [-0.25, -0.2) is 4.98 Å². The number of nitrogens with zero attached hydrogens (tertiary/aromatic N) is 3. The largest absolute Gasteiger partial charge is 0.493 e. The van der Waals surface area contributed by atoms with E-state index in [-0.39, 0.29) is 38.4 Å². The van der Waals surface area contributed by atoms with Crippen LogP contribution in [0.5, 0.6) is 5.75 Å². The molecule has 1 atom stereocenters. The summed E-state index contributed by atoms with van der Waals surface area (Å²) >= 11 is 0. The van der Waals surface area contributed by atoms with Crippen molar-refractivity contribution >= 4 is 30.2 Å². The van der Waals surface area contributed by atoms with E-state index in [2.05, 4.69) is 14.9 Å². The molecule has 0 spiro atoms. The lowest BCUT2D eigenvalue weighted by Crippen LogP contribution is -2.41. The van der Waals surface area contributed by atoms with Gasteiger partial charge >= 0.3 is 12.1 Å². The zero-order valence-corrected chi connectivity index (χ0v) is 20.8. The first-order valence-corrected chi connectivity index (χ1v) is 11.8. The highest BCUT2D eigenvalue weighted by atomic mass is 35.5. The van der Waals surface area contributed by atoms with E-state index in [0.717, 1.165) is 41.6 Å². The van der Waals surface area contributed by atoms with Crippen LogP contribution in [0.15, 0.2) is 24.4 Å². The van der Waals surface area contributed by atoms with Crippen molar-refractivity contribution in [1.29, 1.82) is 0 Å². The average molecular weight is 531 g/mol. The van der Waals surface area contributed by atoms with Crippen molar-refractivity contribution in [3.8, 4) is 5.75 Å². The van der Waals surface area contributed by atoms with Gasteiger partial charge in [-0.15, -0.1) is 12.4 Å². The number of hydrogen-bond donors (Lipinski definition) is 1. The van der Waals surface area contributed by atoms with E-state index in [9.17, 15) is 22.8 Å². The minimum atomic E-state index is -4.55. The number of anilines is 1. The molecule has 198 valence electrons. The van der Waals surface area contributed by atoms with Crippen LogP contribution in [0.25, 0.3) is 0 Å². The fourth-order valence-corrected chi connectivity index (χ4v) is 4.49. The van der Waals surface area contributed by atoms with Crippen LogP contribution in [0.1, 0.15) is 36.6 Å². The van der Waals surface area contributed by atoms with Gasteiger partial charge in [0.15, 0.2) is 0 Å². The SMILES string of the molecule is CCOC(=O)C[C@@H]1Cc2ccc(OCCc3cn4c(n3)NCCC4)cc2CN(CC(F)(F)F)C1=O.Cl. The number of aryl methyl sites for hydroxylation is 1. The molecular formula is C24H30ClF3N4O4. The van der Waals surface area contributed by atoms with Crippen molar-refractivity contribution in [1.82, 2.24) is 14.5 Å². The Morgan fingerprint density at radius 3 is 2.81 bits per heavy atom. The highest BCUT2D eigenvalue weighted by molar-refractivity contribution is 5.85. The molecule has 0 bridgehead atoms. The molecule has 3 heterocycles. The quantitative estimate of drug-likeness (QED) is 0.523. The van der Waals surface area contributed by atoms with Gasteiger partial charge in [0.25, 0.3) is 0 Å². The molecular weight excluding hydrogens is 501 g/mol. The Bertz CT molecular complexity index is 1050. The summed E-state index contributed by atoms with van der Waals surface area (Å²) in [6.07, 6.45) is -1.04. The number of carbonyl (C=O) groups is 2. The Labute approximate surface area is 213 Å². The van der Waals surface area contributed by atoms with Gasteiger partial charge < -0.3 is 24.3 Å². The number of imidazole rings is 1. The van der Waals surface area contributed by atoms with Crippen molar-refractivity contribution in [2.45, 2.75) is 51.9 Å². The minimum absolute atomic E-state index is 0. The summed E-state index contributed by atoms with van der Waals surface area (Å²) in [5, 5.41) is 3.25. The fourth-order valence-electron chi connectivity index (χ4n) is 4.49. The molecule has 0 fully saturated rings. The van der Waals surface area contributed by atoms with Crippen molar-refractivity contribution in [2.24, 2.45) is 5.92 Å². The molecule has 0 aliphatic carbocycles. The zero-order valence-electron chi connectivity index (χ0n) is 20.0. The molecule has 2 aromatic rings. The molecule has 12 heteroatoms. The summed E-state index contributed by atoms with van der Waals surface area (Å²) in [6, 6.07) is 5.18. The third-order valence-electron chi connectivity index (χ3n) is 6.07. The second-order valence-electron chi connectivity index (χ2n) is 8.78. The van der Waals surface area contributed by atoms with Crippen molar-refractivity contribution in [3.05, 3.63) is 41.2 Å². The molecule has 2 aliphatic rings. The van der Waals surface area contributed by atoms with E-state index in [0.29, 0.717) is 24.3 Å². The van der Waals surface area contributed by atoms with Crippen molar-refractivity contribution in [3.63, 3.8) is 0 Å². The number of rotatable bonds is 8. The maximum Gasteiger partial charge on any atom is 0.406 e. The highest BCUT2D eigenvalue weighted by Gasteiger charge is 2.38. The first kappa shape index (κ1) is 27.6. The smallest absolute Gasteiger partial charge is 0.406 e. The first-order chi connectivity index (χ1) is 16.7. The molecule has 0 saturated heterocycles. The molecule has 1 N–H and O–H groups in total. The van der Waals surface area contributed by atoms with E-state index < -0.39 is 30.5 Å². The number of amides is 1. The summed E-state index contributed by atoms with van der Waals surface area (Å²) in [5.41, 5.74) is 2.19. The lowest BCUT2D eigenvalue weighted by molar-refractivity contribution is -0.165. The monoisotopic (exact) mass is 530 g/mol. The van der Waals surface area contributed by atoms with Gasteiger partial charge in [0, 0.05) is 32.3 Å². The van der Waals surface area contributed by atoms with Crippen molar-refractivity contribution < 1.29 is 32.2 Å². The Morgan fingerprint density at radius 1 is 1.28 bits per heavy atom. The first-order valence-electron chi connectivity index (χ1n) is 11.8.